The summed E-state index contributed by atoms with van der Waals surface area (Å²) < 4.78 is 10.7. The lowest BCUT2D eigenvalue weighted by atomic mass is 9.72. The van der Waals surface area contributed by atoms with Gasteiger partial charge in [-0.2, -0.15) is 0 Å². The van der Waals surface area contributed by atoms with Gasteiger partial charge in [-0.3, -0.25) is 9.59 Å². The summed E-state index contributed by atoms with van der Waals surface area (Å²) in [5.74, 6) is 0.388. The van der Waals surface area contributed by atoms with Crippen molar-refractivity contribution in [1.82, 2.24) is 9.80 Å². The Hall–Kier alpha value is -1.82. The van der Waals surface area contributed by atoms with Crippen LogP contribution in [0.5, 0.6) is 0 Å². The number of amides is 2. The lowest BCUT2D eigenvalue weighted by Gasteiger charge is -2.47. The van der Waals surface area contributed by atoms with Crippen molar-refractivity contribution in [3.8, 4) is 0 Å². The Morgan fingerprint density at radius 2 is 2.12 bits per heavy atom. The molecule has 0 saturated carbocycles. The number of likely N-dealkylation sites (tertiary alicyclic amines) is 2. The molecule has 1 spiro atoms. The zero-order chi connectivity index (χ0) is 17.3. The summed E-state index contributed by atoms with van der Waals surface area (Å²) >= 11 is 0. The minimum Gasteiger partial charge on any atom is -0.472 e. The van der Waals surface area contributed by atoms with Crippen LogP contribution in [0.4, 0.5) is 0 Å². The first-order valence-electron chi connectivity index (χ1n) is 9.35. The fourth-order valence-corrected chi connectivity index (χ4v) is 4.44. The van der Waals surface area contributed by atoms with Crippen molar-refractivity contribution >= 4 is 11.8 Å². The van der Waals surface area contributed by atoms with Crippen LogP contribution in [0.3, 0.4) is 0 Å². The molecule has 0 aromatic carbocycles. The van der Waals surface area contributed by atoms with E-state index < -0.39 is 0 Å². The van der Waals surface area contributed by atoms with E-state index in [0.29, 0.717) is 19.6 Å². The molecule has 25 heavy (non-hydrogen) atoms. The monoisotopic (exact) mass is 346 g/mol. The minimum absolute atomic E-state index is 0.158. The Morgan fingerprint density at radius 1 is 1.28 bits per heavy atom. The largest absolute Gasteiger partial charge is 0.472 e. The molecule has 1 atom stereocenters. The van der Waals surface area contributed by atoms with Crippen molar-refractivity contribution in [2.45, 2.75) is 51.2 Å². The zero-order valence-corrected chi connectivity index (χ0v) is 14.6. The molecule has 4 rings (SSSR count). The normalized spacial score (nSPS) is 26.4. The smallest absolute Gasteiger partial charge is 0.251 e. The number of hydrogen-bond acceptors (Lipinski definition) is 4. The van der Waals surface area contributed by atoms with Gasteiger partial charge in [-0.1, -0.05) is 0 Å². The first-order valence-corrected chi connectivity index (χ1v) is 9.35. The highest BCUT2D eigenvalue weighted by Crippen LogP contribution is 2.41. The Labute approximate surface area is 148 Å². The van der Waals surface area contributed by atoms with Gasteiger partial charge in [0.1, 0.15) is 6.10 Å². The first kappa shape index (κ1) is 16.6. The van der Waals surface area contributed by atoms with E-state index in [2.05, 4.69) is 0 Å². The average molecular weight is 346 g/mol. The van der Waals surface area contributed by atoms with Crippen molar-refractivity contribution in [3.63, 3.8) is 0 Å². The van der Waals surface area contributed by atoms with Crippen LogP contribution >= 0.6 is 0 Å². The molecular weight excluding hydrogens is 320 g/mol. The molecule has 1 aromatic rings. The van der Waals surface area contributed by atoms with E-state index in [1.807, 2.05) is 15.9 Å². The van der Waals surface area contributed by atoms with Crippen LogP contribution in [0.15, 0.2) is 23.0 Å². The number of furan rings is 1. The van der Waals surface area contributed by atoms with Crippen LogP contribution in [-0.4, -0.2) is 54.0 Å². The van der Waals surface area contributed by atoms with Crippen LogP contribution in [0.25, 0.3) is 0 Å². The van der Waals surface area contributed by atoms with E-state index >= 15 is 0 Å². The third kappa shape index (κ3) is 3.45. The van der Waals surface area contributed by atoms with Gasteiger partial charge in [0.15, 0.2) is 0 Å². The predicted octanol–water partition coefficient (Wildman–Crippen LogP) is 2.19. The average Bonchev–Trinajstić information content (AvgIpc) is 3.32. The quantitative estimate of drug-likeness (QED) is 0.842. The maximum atomic E-state index is 12.5. The molecule has 3 saturated heterocycles. The Balaban J connectivity index is 1.36. The van der Waals surface area contributed by atoms with Gasteiger partial charge < -0.3 is 19.0 Å². The molecule has 136 valence electrons. The van der Waals surface area contributed by atoms with Crippen molar-refractivity contribution in [2.75, 3.05) is 26.2 Å². The van der Waals surface area contributed by atoms with Crippen molar-refractivity contribution < 1.29 is 18.7 Å². The molecule has 1 unspecified atom stereocenters. The number of carbonyl (C=O) groups is 2. The fraction of sp³-hybridized carbons (Fsp3) is 0.684. The molecule has 0 bridgehead atoms. The summed E-state index contributed by atoms with van der Waals surface area (Å²) in [5, 5.41) is 0. The molecule has 3 aliphatic heterocycles. The molecule has 0 aliphatic carbocycles. The summed E-state index contributed by atoms with van der Waals surface area (Å²) in [5.41, 5.74) is 1.20. The second-order valence-electron chi connectivity index (χ2n) is 7.71. The highest BCUT2D eigenvalue weighted by atomic mass is 16.5. The topological polar surface area (TPSA) is 63.0 Å². The second-order valence-corrected chi connectivity index (χ2v) is 7.71. The molecular formula is C19H26N2O4. The van der Waals surface area contributed by atoms with Gasteiger partial charge in [0.05, 0.1) is 12.5 Å². The molecule has 4 heterocycles. The molecule has 6 heteroatoms. The third-order valence-corrected chi connectivity index (χ3v) is 6.04. The molecule has 2 amide bonds. The minimum atomic E-state index is -0.223. The van der Waals surface area contributed by atoms with E-state index in [-0.39, 0.29) is 23.3 Å². The van der Waals surface area contributed by atoms with E-state index in [1.165, 1.54) is 0 Å². The van der Waals surface area contributed by atoms with Crippen LogP contribution < -0.4 is 0 Å². The number of rotatable bonds is 3. The molecule has 0 N–H and O–H groups in total. The van der Waals surface area contributed by atoms with Gasteiger partial charge >= 0.3 is 0 Å². The summed E-state index contributed by atoms with van der Waals surface area (Å²) in [6.45, 7) is 3.69. The number of nitrogens with zero attached hydrogens (tertiary/aromatic N) is 2. The van der Waals surface area contributed by atoms with Crippen molar-refractivity contribution in [1.29, 1.82) is 0 Å². The van der Waals surface area contributed by atoms with Crippen LogP contribution in [0, 0.1) is 5.41 Å². The summed E-state index contributed by atoms with van der Waals surface area (Å²) in [6.07, 6.45) is 8.47. The van der Waals surface area contributed by atoms with E-state index in [1.54, 1.807) is 12.5 Å². The fourth-order valence-electron chi connectivity index (χ4n) is 4.44. The van der Waals surface area contributed by atoms with E-state index in [4.69, 9.17) is 9.15 Å². The summed E-state index contributed by atoms with van der Waals surface area (Å²) in [6, 6.07) is 1.91. The number of hydrogen-bond donors (Lipinski definition) is 0. The molecule has 3 fully saturated rings. The maximum Gasteiger partial charge on any atom is 0.251 e. The number of carbonyl (C=O) groups excluding carboxylic acids is 2. The summed E-state index contributed by atoms with van der Waals surface area (Å²) in [4.78, 5) is 28.8. The van der Waals surface area contributed by atoms with Crippen LogP contribution in [-0.2, 0) is 20.9 Å². The highest BCUT2D eigenvalue weighted by Gasteiger charge is 2.42. The Bertz CT molecular complexity index is 613. The van der Waals surface area contributed by atoms with Crippen molar-refractivity contribution in [2.24, 2.45) is 5.41 Å². The lowest BCUT2D eigenvalue weighted by molar-refractivity contribution is -0.147. The Morgan fingerprint density at radius 3 is 2.80 bits per heavy atom. The Kier molecular flexibility index (Phi) is 4.54. The molecule has 3 aliphatic rings. The summed E-state index contributed by atoms with van der Waals surface area (Å²) in [7, 11) is 0. The van der Waals surface area contributed by atoms with Gasteiger partial charge in [0.2, 0.25) is 5.91 Å². The molecule has 6 nitrogen and oxygen atoms in total. The first-order chi connectivity index (χ1) is 12.2. The molecule has 0 radical (unpaired) electrons. The highest BCUT2D eigenvalue weighted by molar-refractivity contribution is 5.81. The molecule has 1 aromatic heterocycles. The number of ether oxygens (including phenoxy) is 1. The number of piperidine rings is 2. The lowest BCUT2D eigenvalue weighted by Crippen LogP contribution is -2.53. The van der Waals surface area contributed by atoms with Gasteiger partial charge in [-0.05, 0) is 43.6 Å². The van der Waals surface area contributed by atoms with Crippen molar-refractivity contribution in [3.05, 3.63) is 24.2 Å². The van der Waals surface area contributed by atoms with Crippen LogP contribution in [0.2, 0.25) is 0 Å². The van der Waals surface area contributed by atoms with Gasteiger partial charge in [0.25, 0.3) is 5.91 Å². The van der Waals surface area contributed by atoms with E-state index in [0.717, 1.165) is 57.3 Å². The predicted molar refractivity (Wildman–Crippen MR) is 90.6 cm³/mol. The van der Waals surface area contributed by atoms with Gasteiger partial charge in [-0.25, -0.2) is 0 Å². The van der Waals surface area contributed by atoms with Gasteiger partial charge in [0, 0.05) is 44.8 Å². The SMILES string of the molecule is O=C1CCC2(CCN(C(=O)C3CCCO3)CC2)CN1Cc1ccoc1. The maximum absolute atomic E-state index is 12.5. The van der Waals surface area contributed by atoms with E-state index in [9.17, 15) is 9.59 Å². The third-order valence-electron chi connectivity index (χ3n) is 6.04. The standard InChI is InChI=1S/C19H26N2O4/c22-17-3-5-19(14-21(17)12-15-4-11-24-13-15)6-8-20(9-7-19)18(23)16-2-1-10-25-16/h4,11,13,16H,1-3,5-10,12,14H2. The zero-order valence-electron chi connectivity index (χ0n) is 14.6. The second kappa shape index (κ2) is 6.83. The van der Waals surface area contributed by atoms with Crippen LogP contribution in [0.1, 0.15) is 44.1 Å². The van der Waals surface area contributed by atoms with Gasteiger partial charge in [-0.15, -0.1) is 0 Å².